The van der Waals surface area contributed by atoms with Crippen molar-refractivity contribution in [1.29, 1.82) is 0 Å². The van der Waals surface area contributed by atoms with Crippen LogP contribution in [0.15, 0.2) is 47.4 Å². The van der Waals surface area contributed by atoms with E-state index in [2.05, 4.69) is 28.8 Å². The zero-order valence-corrected chi connectivity index (χ0v) is 17.9. The summed E-state index contributed by atoms with van der Waals surface area (Å²) < 4.78 is 28.3. The minimum atomic E-state index is -3.81. The zero-order chi connectivity index (χ0) is 20.7. The van der Waals surface area contributed by atoms with Crippen LogP contribution in [0, 0.1) is 5.92 Å². The van der Waals surface area contributed by atoms with E-state index in [9.17, 15) is 13.2 Å². The van der Waals surface area contributed by atoms with Gasteiger partial charge in [0.2, 0.25) is 15.9 Å². The summed E-state index contributed by atoms with van der Waals surface area (Å²) in [5.74, 6) is -0.477. The van der Waals surface area contributed by atoms with Gasteiger partial charge in [0.05, 0.1) is 4.90 Å². The molecule has 2 aromatic carbocycles. The van der Waals surface area contributed by atoms with Crippen molar-refractivity contribution in [2.45, 2.75) is 38.6 Å². The van der Waals surface area contributed by atoms with Gasteiger partial charge in [0.15, 0.2) is 0 Å². The summed E-state index contributed by atoms with van der Waals surface area (Å²) in [6, 6.07) is 11.7. The average molecular weight is 406 g/mol. The summed E-state index contributed by atoms with van der Waals surface area (Å²) in [6.07, 6.45) is 0. The number of carbonyl (C=O) groups is 1. The number of fused-ring (bicyclic) bond motifs is 1. The van der Waals surface area contributed by atoms with Crippen LogP contribution in [0.4, 0.5) is 0 Å². The smallest absolute Gasteiger partial charge is 0.241 e. The zero-order valence-electron chi connectivity index (χ0n) is 17.1. The Morgan fingerprint density at radius 1 is 1.04 bits per heavy atom. The number of likely N-dealkylation sites (N-methyl/N-ethyl adjacent to an activating group) is 1. The van der Waals surface area contributed by atoms with Gasteiger partial charge in [-0.1, -0.05) is 58.0 Å². The fourth-order valence-electron chi connectivity index (χ4n) is 3.05. The van der Waals surface area contributed by atoms with Gasteiger partial charge in [-0.15, -0.1) is 0 Å². The number of hydrogen-bond acceptors (Lipinski definition) is 4. The van der Waals surface area contributed by atoms with Gasteiger partial charge in [0.25, 0.3) is 0 Å². The van der Waals surface area contributed by atoms with Gasteiger partial charge in [-0.2, -0.15) is 4.72 Å². The molecule has 2 N–H and O–H groups in total. The summed E-state index contributed by atoms with van der Waals surface area (Å²) >= 11 is 0. The highest BCUT2D eigenvalue weighted by molar-refractivity contribution is 7.89. The van der Waals surface area contributed by atoms with Gasteiger partial charge in [0, 0.05) is 13.1 Å². The van der Waals surface area contributed by atoms with Crippen molar-refractivity contribution >= 4 is 26.7 Å². The number of nitrogens with zero attached hydrogens (tertiary/aromatic N) is 1. The Hall–Kier alpha value is -1.96. The molecule has 0 aliphatic carbocycles. The Morgan fingerprint density at radius 2 is 1.68 bits per heavy atom. The van der Waals surface area contributed by atoms with E-state index in [4.69, 9.17) is 0 Å². The Bertz CT molecular complexity index is 893. The van der Waals surface area contributed by atoms with Crippen molar-refractivity contribution in [3.05, 3.63) is 42.5 Å². The van der Waals surface area contributed by atoms with Gasteiger partial charge < -0.3 is 10.2 Å². The number of benzene rings is 2. The predicted octanol–water partition coefficient (Wildman–Crippen LogP) is 2.60. The van der Waals surface area contributed by atoms with Crippen molar-refractivity contribution in [2.75, 3.05) is 26.2 Å². The maximum atomic E-state index is 12.9. The van der Waals surface area contributed by atoms with Gasteiger partial charge in [-0.3, -0.25) is 4.79 Å². The molecule has 0 heterocycles. The van der Waals surface area contributed by atoms with E-state index in [0.29, 0.717) is 6.54 Å². The van der Waals surface area contributed by atoms with Crippen LogP contribution in [0.25, 0.3) is 10.8 Å². The molecule has 0 fully saturated rings. The number of hydrogen-bond donors (Lipinski definition) is 2. The van der Waals surface area contributed by atoms with Gasteiger partial charge in [-0.25, -0.2) is 8.42 Å². The highest BCUT2D eigenvalue weighted by Gasteiger charge is 2.28. The monoisotopic (exact) mass is 405 g/mol. The third-order valence-corrected chi connectivity index (χ3v) is 6.32. The molecule has 1 amide bonds. The number of amides is 1. The molecule has 0 aliphatic rings. The molecule has 7 heteroatoms. The van der Waals surface area contributed by atoms with Crippen LogP contribution < -0.4 is 10.0 Å². The minimum absolute atomic E-state index is 0.160. The van der Waals surface area contributed by atoms with Crippen LogP contribution in [0.3, 0.4) is 0 Å². The SMILES string of the molecule is CCN(CC)CCNC(=O)C(NS(=O)(=O)c1ccc2ccccc2c1)C(C)C. The molecule has 0 bridgehead atoms. The maximum absolute atomic E-state index is 12.9. The second-order valence-corrected chi connectivity index (χ2v) is 8.88. The molecule has 1 atom stereocenters. The molecular formula is C21H31N3O3S. The first-order chi connectivity index (χ1) is 13.3. The van der Waals surface area contributed by atoms with Crippen LogP contribution in [0.1, 0.15) is 27.7 Å². The van der Waals surface area contributed by atoms with E-state index >= 15 is 0 Å². The topological polar surface area (TPSA) is 78.5 Å². The van der Waals surface area contributed by atoms with E-state index in [-0.39, 0.29) is 16.7 Å². The lowest BCUT2D eigenvalue weighted by Gasteiger charge is -2.23. The van der Waals surface area contributed by atoms with E-state index in [1.54, 1.807) is 18.2 Å². The largest absolute Gasteiger partial charge is 0.353 e. The molecule has 2 rings (SSSR count). The Balaban J connectivity index is 2.11. The second-order valence-electron chi connectivity index (χ2n) is 7.17. The molecule has 0 aromatic heterocycles. The van der Waals surface area contributed by atoms with Crippen LogP contribution in [0.2, 0.25) is 0 Å². The van der Waals surface area contributed by atoms with Crippen molar-refractivity contribution < 1.29 is 13.2 Å². The lowest BCUT2D eigenvalue weighted by Crippen LogP contribution is -2.50. The van der Waals surface area contributed by atoms with Crippen LogP contribution >= 0.6 is 0 Å². The third-order valence-electron chi connectivity index (χ3n) is 4.88. The first-order valence-corrected chi connectivity index (χ1v) is 11.3. The lowest BCUT2D eigenvalue weighted by molar-refractivity contribution is -0.123. The molecule has 1 unspecified atom stereocenters. The van der Waals surface area contributed by atoms with Gasteiger partial charge in [-0.05, 0) is 41.9 Å². The minimum Gasteiger partial charge on any atom is -0.353 e. The summed E-state index contributed by atoms with van der Waals surface area (Å²) in [5, 5.41) is 4.67. The predicted molar refractivity (Wildman–Crippen MR) is 114 cm³/mol. The summed E-state index contributed by atoms with van der Waals surface area (Å²) in [5.41, 5.74) is 0. The molecule has 0 saturated heterocycles. The molecular weight excluding hydrogens is 374 g/mol. The molecule has 6 nitrogen and oxygen atoms in total. The number of nitrogens with one attached hydrogen (secondary N) is 2. The van der Waals surface area contributed by atoms with Crippen molar-refractivity contribution in [1.82, 2.24) is 14.9 Å². The summed E-state index contributed by atoms with van der Waals surface area (Å²) in [7, 11) is -3.81. The highest BCUT2D eigenvalue weighted by atomic mass is 32.2. The number of carbonyl (C=O) groups excluding carboxylic acids is 1. The standard InChI is InChI=1S/C21H31N3O3S/c1-5-24(6-2)14-13-22-21(25)20(16(3)4)23-28(26,27)19-12-11-17-9-7-8-10-18(17)15-19/h7-12,15-16,20,23H,5-6,13-14H2,1-4H3,(H,22,25). The molecule has 0 saturated carbocycles. The third kappa shape index (κ3) is 5.77. The van der Waals surface area contributed by atoms with Crippen LogP contribution in [-0.2, 0) is 14.8 Å². The highest BCUT2D eigenvalue weighted by Crippen LogP contribution is 2.19. The molecule has 154 valence electrons. The fourth-order valence-corrected chi connectivity index (χ4v) is 4.43. The van der Waals surface area contributed by atoms with Crippen LogP contribution in [0.5, 0.6) is 0 Å². The van der Waals surface area contributed by atoms with Gasteiger partial charge >= 0.3 is 0 Å². The molecule has 28 heavy (non-hydrogen) atoms. The van der Waals surface area contributed by atoms with Gasteiger partial charge in [0.1, 0.15) is 6.04 Å². The Labute approximate surface area is 168 Å². The lowest BCUT2D eigenvalue weighted by atomic mass is 10.1. The Morgan fingerprint density at radius 3 is 2.29 bits per heavy atom. The normalized spacial score (nSPS) is 13.2. The quantitative estimate of drug-likeness (QED) is 0.637. The Kier molecular flexibility index (Phi) is 7.98. The first kappa shape index (κ1) is 22.3. The molecule has 0 radical (unpaired) electrons. The molecule has 0 spiro atoms. The van der Waals surface area contributed by atoms with E-state index in [1.807, 2.05) is 38.1 Å². The second kappa shape index (κ2) is 10.0. The fraction of sp³-hybridized carbons (Fsp3) is 0.476. The maximum Gasteiger partial charge on any atom is 0.241 e. The van der Waals surface area contributed by atoms with Crippen molar-refractivity contribution in [3.63, 3.8) is 0 Å². The number of rotatable bonds is 10. The summed E-state index contributed by atoms with van der Waals surface area (Å²) in [6.45, 7) is 10.8. The molecule has 0 aliphatic heterocycles. The van der Waals surface area contributed by atoms with E-state index in [0.717, 1.165) is 30.4 Å². The van der Waals surface area contributed by atoms with Crippen molar-refractivity contribution in [2.24, 2.45) is 5.92 Å². The van der Waals surface area contributed by atoms with E-state index < -0.39 is 16.1 Å². The van der Waals surface area contributed by atoms with E-state index in [1.165, 1.54) is 0 Å². The average Bonchev–Trinajstić information content (AvgIpc) is 2.68. The van der Waals surface area contributed by atoms with Crippen molar-refractivity contribution in [3.8, 4) is 0 Å². The first-order valence-electron chi connectivity index (χ1n) is 9.79. The molecule has 2 aromatic rings. The van der Waals surface area contributed by atoms with Crippen LogP contribution in [-0.4, -0.2) is 51.4 Å². The summed E-state index contributed by atoms with van der Waals surface area (Å²) in [4.78, 5) is 15.0. The number of sulfonamides is 1.